The summed E-state index contributed by atoms with van der Waals surface area (Å²) in [6.45, 7) is 2.11. The maximum absolute atomic E-state index is 8.98. The molecule has 0 amide bonds. The Labute approximate surface area is 128 Å². The van der Waals surface area contributed by atoms with Gasteiger partial charge in [0, 0.05) is 16.5 Å². The highest BCUT2D eigenvalue weighted by Crippen LogP contribution is 2.32. The predicted molar refractivity (Wildman–Crippen MR) is 90.2 cm³/mol. The van der Waals surface area contributed by atoms with Crippen molar-refractivity contribution in [3.05, 3.63) is 77.9 Å². The lowest BCUT2D eigenvalue weighted by Crippen LogP contribution is -1.93. The SMILES string of the molecule is Cc1ccc2c3ccccc3n(-c3ccc(C#N)cc3)c2c1. The van der Waals surface area contributed by atoms with E-state index < -0.39 is 0 Å². The fraction of sp³-hybridized carbons (Fsp3) is 0.0500. The Kier molecular flexibility index (Phi) is 2.74. The topological polar surface area (TPSA) is 28.7 Å². The second-order valence-corrected chi connectivity index (χ2v) is 5.53. The lowest BCUT2D eigenvalue weighted by molar-refractivity contribution is 1.17. The lowest BCUT2D eigenvalue weighted by atomic mass is 10.1. The minimum Gasteiger partial charge on any atom is -0.309 e. The van der Waals surface area contributed by atoms with Crippen molar-refractivity contribution in [3.63, 3.8) is 0 Å². The third-order valence-corrected chi connectivity index (χ3v) is 4.08. The van der Waals surface area contributed by atoms with Crippen molar-refractivity contribution < 1.29 is 0 Å². The van der Waals surface area contributed by atoms with Crippen LogP contribution in [-0.4, -0.2) is 4.57 Å². The molecule has 0 N–H and O–H groups in total. The van der Waals surface area contributed by atoms with E-state index in [4.69, 9.17) is 5.26 Å². The summed E-state index contributed by atoms with van der Waals surface area (Å²) in [5.41, 5.74) is 5.39. The van der Waals surface area contributed by atoms with E-state index in [2.05, 4.69) is 60.0 Å². The molecule has 0 radical (unpaired) electrons. The van der Waals surface area contributed by atoms with Crippen molar-refractivity contribution >= 4 is 21.8 Å². The summed E-state index contributed by atoms with van der Waals surface area (Å²) in [6.07, 6.45) is 0. The average Bonchev–Trinajstić information content (AvgIpc) is 2.88. The third kappa shape index (κ3) is 1.80. The summed E-state index contributed by atoms with van der Waals surface area (Å²) in [4.78, 5) is 0. The molecule has 0 saturated carbocycles. The number of aryl methyl sites for hydroxylation is 1. The Morgan fingerprint density at radius 1 is 0.818 bits per heavy atom. The molecule has 3 aromatic carbocycles. The number of benzene rings is 3. The molecule has 0 bridgehead atoms. The van der Waals surface area contributed by atoms with Crippen molar-refractivity contribution in [2.24, 2.45) is 0 Å². The number of nitrogens with zero attached hydrogens (tertiary/aromatic N) is 2. The molecule has 2 nitrogen and oxygen atoms in total. The first-order valence-electron chi connectivity index (χ1n) is 7.28. The normalized spacial score (nSPS) is 10.9. The van der Waals surface area contributed by atoms with Gasteiger partial charge in [0.2, 0.25) is 0 Å². The number of rotatable bonds is 1. The Hall–Kier alpha value is -3.05. The first kappa shape index (κ1) is 12.7. The molecule has 1 aromatic heterocycles. The van der Waals surface area contributed by atoms with E-state index in [9.17, 15) is 0 Å². The summed E-state index contributed by atoms with van der Waals surface area (Å²) < 4.78 is 2.26. The van der Waals surface area contributed by atoms with Crippen molar-refractivity contribution in [1.29, 1.82) is 5.26 Å². The van der Waals surface area contributed by atoms with Gasteiger partial charge >= 0.3 is 0 Å². The zero-order chi connectivity index (χ0) is 15.1. The quantitative estimate of drug-likeness (QED) is 0.485. The summed E-state index contributed by atoms with van der Waals surface area (Å²) in [5.74, 6) is 0. The van der Waals surface area contributed by atoms with Gasteiger partial charge in [0.15, 0.2) is 0 Å². The van der Waals surface area contributed by atoms with E-state index in [1.165, 1.54) is 27.4 Å². The molecule has 22 heavy (non-hydrogen) atoms. The molecule has 2 heteroatoms. The number of para-hydroxylation sites is 1. The van der Waals surface area contributed by atoms with Crippen LogP contribution in [0.15, 0.2) is 66.7 Å². The van der Waals surface area contributed by atoms with E-state index in [-0.39, 0.29) is 0 Å². The fourth-order valence-electron chi connectivity index (χ4n) is 3.04. The van der Waals surface area contributed by atoms with Crippen LogP contribution in [0.1, 0.15) is 11.1 Å². The van der Waals surface area contributed by atoms with Crippen LogP contribution >= 0.6 is 0 Å². The largest absolute Gasteiger partial charge is 0.309 e. The number of aromatic nitrogens is 1. The van der Waals surface area contributed by atoms with Crippen LogP contribution in [0, 0.1) is 18.3 Å². The number of nitriles is 1. The van der Waals surface area contributed by atoms with Crippen molar-refractivity contribution in [3.8, 4) is 11.8 Å². The molecule has 4 aromatic rings. The molecule has 0 aliphatic heterocycles. The molecule has 4 rings (SSSR count). The molecule has 104 valence electrons. The van der Waals surface area contributed by atoms with Gasteiger partial charge in [-0.15, -0.1) is 0 Å². The maximum Gasteiger partial charge on any atom is 0.0991 e. The number of hydrogen-bond acceptors (Lipinski definition) is 1. The molecule has 0 saturated heterocycles. The van der Waals surface area contributed by atoms with Crippen molar-refractivity contribution in [2.45, 2.75) is 6.92 Å². The first-order valence-corrected chi connectivity index (χ1v) is 7.28. The van der Waals surface area contributed by atoms with E-state index >= 15 is 0 Å². The maximum atomic E-state index is 8.98. The van der Waals surface area contributed by atoms with E-state index in [1.807, 2.05) is 24.3 Å². The predicted octanol–water partition coefficient (Wildman–Crippen LogP) is 4.96. The van der Waals surface area contributed by atoms with Gasteiger partial charge in [-0.25, -0.2) is 0 Å². The van der Waals surface area contributed by atoms with Crippen LogP contribution in [0.2, 0.25) is 0 Å². The Balaban J connectivity index is 2.13. The van der Waals surface area contributed by atoms with Gasteiger partial charge in [0.25, 0.3) is 0 Å². The summed E-state index contributed by atoms with van der Waals surface area (Å²) in [5, 5.41) is 11.5. The van der Waals surface area contributed by atoms with Crippen LogP contribution in [0.3, 0.4) is 0 Å². The van der Waals surface area contributed by atoms with Crippen molar-refractivity contribution in [2.75, 3.05) is 0 Å². The second-order valence-electron chi connectivity index (χ2n) is 5.53. The van der Waals surface area contributed by atoms with Gasteiger partial charge in [-0.1, -0.05) is 30.3 Å². The van der Waals surface area contributed by atoms with Gasteiger partial charge in [0.1, 0.15) is 0 Å². The molecule has 0 unspecified atom stereocenters. The fourth-order valence-corrected chi connectivity index (χ4v) is 3.04. The van der Waals surface area contributed by atoms with Gasteiger partial charge in [-0.3, -0.25) is 0 Å². The first-order chi connectivity index (χ1) is 10.8. The van der Waals surface area contributed by atoms with Gasteiger partial charge in [-0.2, -0.15) is 5.26 Å². The smallest absolute Gasteiger partial charge is 0.0991 e. The van der Waals surface area contributed by atoms with Crippen molar-refractivity contribution in [1.82, 2.24) is 4.57 Å². The molecule has 0 aliphatic rings. The molecular weight excluding hydrogens is 268 g/mol. The highest BCUT2D eigenvalue weighted by Gasteiger charge is 2.11. The molecule has 0 atom stereocenters. The molecule has 0 spiro atoms. The number of fused-ring (bicyclic) bond motifs is 3. The summed E-state index contributed by atoms with van der Waals surface area (Å²) >= 11 is 0. The summed E-state index contributed by atoms with van der Waals surface area (Å²) in [7, 11) is 0. The third-order valence-electron chi connectivity index (χ3n) is 4.08. The molecule has 0 aliphatic carbocycles. The Morgan fingerprint density at radius 2 is 1.55 bits per heavy atom. The lowest BCUT2D eigenvalue weighted by Gasteiger charge is -2.08. The minimum absolute atomic E-state index is 0.681. The number of hydrogen-bond donors (Lipinski definition) is 0. The van der Waals surface area contributed by atoms with Gasteiger partial charge in [0.05, 0.1) is 22.7 Å². The van der Waals surface area contributed by atoms with E-state index in [0.29, 0.717) is 5.56 Å². The zero-order valence-electron chi connectivity index (χ0n) is 12.2. The average molecular weight is 282 g/mol. The van der Waals surface area contributed by atoms with Crippen LogP contribution in [0.25, 0.3) is 27.5 Å². The van der Waals surface area contributed by atoms with Gasteiger partial charge in [-0.05, 0) is 48.9 Å². The Bertz CT molecular complexity index is 1030. The summed E-state index contributed by atoms with van der Waals surface area (Å²) in [6, 6.07) is 24.9. The standard InChI is InChI=1S/C20H14N2/c1-14-6-11-18-17-4-2-3-5-19(17)22(20(18)12-14)16-9-7-15(13-21)8-10-16/h2-12H,1H3. The van der Waals surface area contributed by atoms with E-state index in [1.54, 1.807) is 0 Å². The molecule has 0 fully saturated rings. The van der Waals surface area contributed by atoms with E-state index in [0.717, 1.165) is 5.69 Å². The van der Waals surface area contributed by atoms with Crippen LogP contribution in [0.5, 0.6) is 0 Å². The Morgan fingerprint density at radius 3 is 2.32 bits per heavy atom. The van der Waals surface area contributed by atoms with Gasteiger partial charge < -0.3 is 4.57 Å². The monoisotopic (exact) mass is 282 g/mol. The van der Waals surface area contributed by atoms with Crippen LogP contribution in [0.4, 0.5) is 0 Å². The zero-order valence-corrected chi connectivity index (χ0v) is 12.2. The molecular formula is C20H14N2. The molecule has 1 heterocycles. The highest BCUT2D eigenvalue weighted by molar-refractivity contribution is 6.09. The van der Waals surface area contributed by atoms with Crippen LogP contribution in [-0.2, 0) is 0 Å². The second kappa shape index (κ2) is 4.75. The van der Waals surface area contributed by atoms with Crippen LogP contribution < -0.4 is 0 Å². The highest BCUT2D eigenvalue weighted by atomic mass is 15.0. The minimum atomic E-state index is 0.681.